The summed E-state index contributed by atoms with van der Waals surface area (Å²) in [4.78, 5) is 12.5. The van der Waals surface area contributed by atoms with Crippen LogP contribution in [0.1, 0.15) is 45.1 Å². The minimum Gasteiger partial charge on any atom is -0.394 e. The number of amides is 1. The van der Waals surface area contributed by atoms with Gasteiger partial charge in [0.05, 0.1) is 12.1 Å². The number of nitrogens with one attached hydrogen (secondary N) is 1. The van der Waals surface area contributed by atoms with Gasteiger partial charge in [0.2, 0.25) is 5.91 Å². The highest BCUT2D eigenvalue weighted by Gasteiger charge is 2.39. The van der Waals surface area contributed by atoms with Crippen LogP contribution in [0.3, 0.4) is 0 Å². The van der Waals surface area contributed by atoms with Crippen molar-refractivity contribution in [3.63, 3.8) is 0 Å². The minimum absolute atomic E-state index is 0.0606. The van der Waals surface area contributed by atoms with Crippen molar-refractivity contribution in [1.82, 2.24) is 5.32 Å². The van der Waals surface area contributed by atoms with Crippen molar-refractivity contribution in [2.45, 2.75) is 45.1 Å². The van der Waals surface area contributed by atoms with Crippen LogP contribution in [-0.2, 0) is 10.3 Å². The molecule has 1 fully saturated rings. The Hall–Kier alpha value is -1.35. The van der Waals surface area contributed by atoms with E-state index in [2.05, 4.69) is 5.32 Å². The van der Waals surface area contributed by atoms with Gasteiger partial charge in [0.1, 0.15) is 0 Å². The SMILES string of the molecule is CC1(C(=O)NC(C)(CO)c2ccccc2)CCCC1. The second-order valence-corrected chi connectivity index (χ2v) is 6.08. The summed E-state index contributed by atoms with van der Waals surface area (Å²) in [6, 6.07) is 9.65. The zero-order chi connectivity index (χ0) is 13.9. The van der Waals surface area contributed by atoms with E-state index >= 15 is 0 Å². The normalized spacial score (nSPS) is 20.8. The second-order valence-electron chi connectivity index (χ2n) is 6.08. The van der Waals surface area contributed by atoms with Gasteiger partial charge in [0, 0.05) is 5.41 Å². The van der Waals surface area contributed by atoms with Crippen LogP contribution >= 0.6 is 0 Å². The fourth-order valence-corrected chi connectivity index (χ4v) is 2.79. The molecular formula is C16H23NO2. The second kappa shape index (κ2) is 5.33. The molecule has 1 aliphatic carbocycles. The molecule has 1 saturated carbocycles. The highest BCUT2D eigenvalue weighted by Crippen LogP contribution is 2.38. The van der Waals surface area contributed by atoms with Crippen molar-refractivity contribution in [3.05, 3.63) is 35.9 Å². The van der Waals surface area contributed by atoms with Gasteiger partial charge < -0.3 is 10.4 Å². The molecular weight excluding hydrogens is 238 g/mol. The zero-order valence-corrected chi connectivity index (χ0v) is 11.8. The van der Waals surface area contributed by atoms with Gasteiger partial charge in [-0.3, -0.25) is 4.79 Å². The number of aliphatic hydroxyl groups is 1. The van der Waals surface area contributed by atoms with Gasteiger partial charge >= 0.3 is 0 Å². The lowest BCUT2D eigenvalue weighted by Crippen LogP contribution is -2.50. The Morgan fingerprint density at radius 1 is 1.32 bits per heavy atom. The van der Waals surface area contributed by atoms with Crippen LogP contribution < -0.4 is 5.32 Å². The number of benzene rings is 1. The Kier molecular flexibility index (Phi) is 3.95. The lowest BCUT2D eigenvalue weighted by atomic mass is 9.85. The van der Waals surface area contributed by atoms with Crippen LogP contribution in [0.25, 0.3) is 0 Å². The molecule has 1 aromatic rings. The van der Waals surface area contributed by atoms with Gasteiger partial charge in [0.25, 0.3) is 0 Å². The van der Waals surface area contributed by atoms with Gasteiger partial charge in [-0.05, 0) is 25.3 Å². The van der Waals surface area contributed by atoms with E-state index in [4.69, 9.17) is 0 Å². The molecule has 3 nitrogen and oxygen atoms in total. The Balaban J connectivity index is 2.17. The maximum atomic E-state index is 12.5. The average molecular weight is 261 g/mol. The van der Waals surface area contributed by atoms with E-state index < -0.39 is 5.54 Å². The molecule has 0 aliphatic heterocycles. The topological polar surface area (TPSA) is 49.3 Å². The van der Waals surface area contributed by atoms with Crippen molar-refractivity contribution in [2.75, 3.05) is 6.61 Å². The summed E-state index contributed by atoms with van der Waals surface area (Å²) in [7, 11) is 0. The molecule has 1 aliphatic rings. The van der Waals surface area contributed by atoms with Crippen molar-refractivity contribution in [3.8, 4) is 0 Å². The summed E-state index contributed by atoms with van der Waals surface area (Å²) >= 11 is 0. The van der Waals surface area contributed by atoms with E-state index in [1.807, 2.05) is 44.2 Å². The molecule has 0 spiro atoms. The van der Waals surface area contributed by atoms with Gasteiger partial charge in [-0.15, -0.1) is 0 Å². The number of hydrogen-bond donors (Lipinski definition) is 2. The van der Waals surface area contributed by atoms with E-state index in [0.29, 0.717) is 0 Å². The summed E-state index contributed by atoms with van der Waals surface area (Å²) in [5, 5.41) is 12.8. The average Bonchev–Trinajstić information content (AvgIpc) is 2.88. The van der Waals surface area contributed by atoms with E-state index in [9.17, 15) is 9.90 Å². The minimum atomic E-state index is -0.704. The van der Waals surface area contributed by atoms with E-state index in [0.717, 1.165) is 31.2 Å². The molecule has 0 saturated heterocycles. The molecule has 0 aromatic heterocycles. The molecule has 1 aromatic carbocycles. The van der Waals surface area contributed by atoms with E-state index in [1.54, 1.807) is 0 Å². The molecule has 2 rings (SSSR count). The first-order valence-electron chi connectivity index (χ1n) is 6.99. The molecule has 0 heterocycles. The van der Waals surface area contributed by atoms with Gasteiger partial charge in [-0.2, -0.15) is 0 Å². The van der Waals surface area contributed by atoms with Crippen molar-refractivity contribution in [1.29, 1.82) is 0 Å². The highest BCUT2D eigenvalue weighted by molar-refractivity contribution is 5.83. The Morgan fingerprint density at radius 2 is 1.89 bits per heavy atom. The fourth-order valence-electron chi connectivity index (χ4n) is 2.79. The molecule has 104 valence electrons. The Bertz CT molecular complexity index is 437. The third-order valence-corrected chi connectivity index (χ3v) is 4.37. The standard InChI is InChI=1S/C16H23NO2/c1-15(10-6-7-11-15)14(19)17-16(2,12-18)13-8-4-3-5-9-13/h3-5,8-9,18H,6-7,10-12H2,1-2H3,(H,17,19). The lowest BCUT2D eigenvalue weighted by Gasteiger charge is -2.33. The molecule has 1 amide bonds. The molecule has 1 unspecified atom stereocenters. The molecule has 19 heavy (non-hydrogen) atoms. The first kappa shape index (κ1) is 14.1. The predicted octanol–water partition coefficient (Wildman–Crippen LogP) is 2.59. The van der Waals surface area contributed by atoms with Gasteiger partial charge in [-0.25, -0.2) is 0 Å². The molecule has 1 atom stereocenters. The van der Waals surface area contributed by atoms with E-state index in [1.165, 1.54) is 0 Å². The quantitative estimate of drug-likeness (QED) is 0.875. The van der Waals surface area contributed by atoms with Gasteiger partial charge in [-0.1, -0.05) is 50.1 Å². The summed E-state index contributed by atoms with van der Waals surface area (Å²) < 4.78 is 0. The maximum absolute atomic E-state index is 12.5. The first-order valence-corrected chi connectivity index (χ1v) is 6.99. The Labute approximate surface area is 115 Å². The van der Waals surface area contributed by atoms with Crippen LogP contribution in [0, 0.1) is 5.41 Å². The monoisotopic (exact) mass is 261 g/mol. The van der Waals surface area contributed by atoms with Crippen LogP contribution in [0.5, 0.6) is 0 Å². The number of rotatable bonds is 4. The zero-order valence-electron chi connectivity index (χ0n) is 11.8. The highest BCUT2D eigenvalue weighted by atomic mass is 16.3. The largest absolute Gasteiger partial charge is 0.394 e. The fraction of sp³-hybridized carbons (Fsp3) is 0.562. The van der Waals surface area contributed by atoms with Crippen LogP contribution in [0.4, 0.5) is 0 Å². The predicted molar refractivity (Wildman–Crippen MR) is 75.6 cm³/mol. The summed E-state index contributed by atoms with van der Waals surface area (Å²) in [6.07, 6.45) is 4.11. The number of hydrogen-bond acceptors (Lipinski definition) is 2. The first-order chi connectivity index (χ1) is 9.00. The Morgan fingerprint density at radius 3 is 2.42 bits per heavy atom. The molecule has 2 N–H and O–H groups in total. The number of carbonyl (C=O) groups is 1. The third-order valence-electron chi connectivity index (χ3n) is 4.37. The smallest absolute Gasteiger partial charge is 0.226 e. The number of carbonyl (C=O) groups excluding carboxylic acids is 1. The molecule has 3 heteroatoms. The number of aliphatic hydroxyl groups excluding tert-OH is 1. The van der Waals surface area contributed by atoms with Crippen LogP contribution in [-0.4, -0.2) is 17.6 Å². The van der Waals surface area contributed by atoms with Crippen LogP contribution in [0.15, 0.2) is 30.3 Å². The van der Waals surface area contributed by atoms with Crippen molar-refractivity contribution in [2.24, 2.45) is 5.41 Å². The van der Waals surface area contributed by atoms with E-state index in [-0.39, 0.29) is 17.9 Å². The van der Waals surface area contributed by atoms with Crippen molar-refractivity contribution < 1.29 is 9.90 Å². The summed E-state index contributed by atoms with van der Waals surface area (Å²) in [6.45, 7) is 3.80. The summed E-state index contributed by atoms with van der Waals surface area (Å²) in [5.74, 6) is 0.0606. The van der Waals surface area contributed by atoms with Crippen LogP contribution in [0.2, 0.25) is 0 Å². The lowest BCUT2D eigenvalue weighted by molar-refractivity contribution is -0.132. The third kappa shape index (κ3) is 2.81. The molecule has 0 radical (unpaired) electrons. The van der Waals surface area contributed by atoms with Gasteiger partial charge in [0.15, 0.2) is 0 Å². The molecule has 0 bridgehead atoms. The van der Waals surface area contributed by atoms with Crippen molar-refractivity contribution >= 4 is 5.91 Å². The maximum Gasteiger partial charge on any atom is 0.226 e. The summed E-state index contributed by atoms with van der Waals surface area (Å²) in [5.41, 5.74) is -0.0396.